The smallest absolute Gasteiger partial charge is 0.397 e. The first kappa shape index (κ1) is 57.6. The Bertz CT molecular complexity index is 1360. The monoisotopic (exact) mass is 897 g/mol. The number of rotatable bonds is 40. The predicted octanol–water partition coefficient (Wildman–Crippen LogP) is 10.3. The van der Waals surface area contributed by atoms with Crippen LogP contribution < -0.4 is 0 Å². The van der Waals surface area contributed by atoms with Gasteiger partial charge in [0.25, 0.3) is 0 Å². The fourth-order valence-corrected chi connectivity index (χ4v) is 7.27. The van der Waals surface area contributed by atoms with Gasteiger partial charge >= 0.3 is 16.4 Å². The number of esters is 1. The van der Waals surface area contributed by atoms with E-state index in [1.54, 1.807) is 0 Å². The van der Waals surface area contributed by atoms with Gasteiger partial charge in [-0.1, -0.05) is 157 Å². The molecule has 1 rings (SSSR count). The molecule has 0 aromatic rings. The van der Waals surface area contributed by atoms with Crippen LogP contribution in [0.4, 0.5) is 0 Å². The van der Waals surface area contributed by atoms with E-state index in [0.717, 1.165) is 51.4 Å². The molecule has 6 unspecified atom stereocenters. The molecule has 0 saturated carbocycles. The molecule has 0 bridgehead atoms. The number of aliphatic hydroxyl groups is 3. The molecule has 1 fully saturated rings. The average molecular weight is 897 g/mol. The van der Waals surface area contributed by atoms with Gasteiger partial charge in [-0.25, -0.2) is 4.18 Å². The van der Waals surface area contributed by atoms with Crippen molar-refractivity contribution in [3.05, 3.63) is 72.9 Å². The normalized spacial score (nSPS) is 20.6. The highest BCUT2D eigenvalue weighted by Crippen LogP contribution is 2.26. The van der Waals surface area contributed by atoms with Crippen molar-refractivity contribution in [3.8, 4) is 0 Å². The van der Waals surface area contributed by atoms with Crippen LogP contribution in [0.25, 0.3) is 0 Å². The highest BCUT2D eigenvalue weighted by atomic mass is 32.3. The van der Waals surface area contributed by atoms with Crippen LogP contribution in [-0.2, 0) is 38.3 Å². The Hall–Kier alpha value is -2.46. The lowest BCUT2D eigenvalue weighted by Crippen LogP contribution is -2.60. The van der Waals surface area contributed by atoms with Crippen LogP contribution in [0.1, 0.15) is 168 Å². The van der Waals surface area contributed by atoms with Crippen LogP contribution in [-0.4, -0.2) is 97.5 Å². The summed E-state index contributed by atoms with van der Waals surface area (Å²) >= 11 is 0. The maximum atomic E-state index is 12.8. The lowest BCUT2D eigenvalue weighted by molar-refractivity contribution is -0.301. The van der Waals surface area contributed by atoms with Crippen LogP contribution in [0.3, 0.4) is 0 Å². The predicted molar refractivity (Wildman–Crippen MR) is 248 cm³/mol. The number of carbonyl (C=O) groups is 1. The molecular formula is C49H84O12S. The van der Waals surface area contributed by atoms with Gasteiger partial charge in [0.05, 0.1) is 19.8 Å². The second-order valence-electron chi connectivity index (χ2n) is 16.0. The summed E-state index contributed by atoms with van der Waals surface area (Å²) in [6, 6.07) is 0. The van der Waals surface area contributed by atoms with Crippen LogP contribution in [0.5, 0.6) is 0 Å². The maximum Gasteiger partial charge on any atom is 0.397 e. The molecule has 1 heterocycles. The van der Waals surface area contributed by atoms with E-state index < -0.39 is 59.8 Å². The molecule has 1 aliphatic rings. The number of ether oxygens (including phenoxy) is 4. The van der Waals surface area contributed by atoms with Crippen molar-refractivity contribution < 1.29 is 56.2 Å². The number of hydrogen-bond acceptors (Lipinski definition) is 11. The highest BCUT2D eigenvalue weighted by Gasteiger charge is 2.48. The zero-order chi connectivity index (χ0) is 45.4. The molecule has 1 aliphatic heterocycles. The van der Waals surface area contributed by atoms with E-state index in [0.29, 0.717) is 19.4 Å². The highest BCUT2D eigenvalue weighted by molar-refractivity contribution is 7.80. The van der Waals surface area contributed by atoms with Crippen molar-refractivity contribution in [1.82, 2.24) is 0 Å². The van der Waals surface area contributed by atoms with Gasteiger partial charge < -0.3 is 34.3 Å². The van der Waals surface area contributed by atoms with Gasteiger partial charge in [-0.05, 0) is 77.0 Å². The van der Waals surface area contributed by atoms with Gasteiger partial charge in [0.2, 0.25) is 0 Å². The van der Waals surface area contributed by atoms with Crippen molar-refractivity contribution >= 4 is 16.4 Å². The molecule has 12 nitrogen and oxygen atoms in total. The van der Waals surface area contributed by atoms with Gasteiger partial charge in [-0.2, -0.15) is 8.42 Å². The lowest BCUT2D eigenvalue weighted by atomic mass is 9.99. The summed E-state index contributed by atoms with van der Waals surface area (Å²) in [6.07, 6.45) is 42.3. The minimum atomic E-state index is -5.07. The Labute approximate surface area is 375 Å². The fourth-order valence-electron chi connectivity index (χ4n) is 6.76. The van der Waals surface area contributed by atoms with Crippen LogP contribution in [0, 0.1) is 0 Å². The van der Waals surface area contributed by atoms with Gasteiger partial charge in [0.15, 0.2) is 6.29 Å². The molecule has 0 radical (unpaired) electrons. The third-order valence-electron chi connectivity index (χ3n) is 10.3. The summed E-state index contributed by atoms with van der Waals surface area (Å²) in [7, 11) is -5.07. The van der Waals surface area contributed by atoms with Gasteiger partial charge in [0, 0.05) is 13.0 Å². The number of hydrogen-bond donors (Lipinski definition) is 4. The minimum Gasteiger partial charge on any atom is -0.457 e. The molecule has 1 saturated heterocycles. The lowest BCUT2D eigenvalue weighted by Gasteiger charge is -2.41. The largest absolute Gasteiger partial charge is 0.457 e. The zero-order valence-electron chi connectivity index (χ0n) is 38.2. The molecule has 0 aliphatic carbocycles. The molecule has 0 aromatic heterocycles. The van der Waals surface area contributed by atoms with E-state index in [1.165, 1.54) is 83.5 Å². The second-order valence-corrected chi connectivity index (χ2v) is 17.0. The summed E-state index contributed by atoms with van der Waals surface area (Å²) in [5, 5.41) is 30.7. The van der Waals surface area contributed by atoms with E-state index in [1.807, 2.05) is 6.08 Å². The van der Waals surface area contributed by atoms with Crippen LogP contribution in [0.15, 0.2) is 72.9 Å². The SMILES string of the molecule is CC/C=C\C/C=C\C/C=C\C/C=C\C/C=C\CCCC(=O)OC(COCCCCCCCCCC/C=C\CCCCCCCC)COC1OC(CO)C(O)C(OS(=O)(=O)O)C1O. The van der Waals surface area contributed by atoms with Gasteiger partial charge in [0.1, 0.15) is 30.5 Å². The molecule has 0 amide bonds. The summed E-state index contributed by atoms with van der Waals surface area (Å²) in [4.78, 5) is 12.8. The number of allylic oxidation sites excluding steroid dienone is 12. The van der Waals surface area contributed by atoms with E-state index >= 15 is 0 Å². The molecule has 62 heavy (non-hydrogen) atoms. The van der Waals surface area contributed by atoms with Crippen molar-refractivity contribution in [2.24, 2.45) is 0 Å². The Morgan fingerprint density at radius 3 is 1.65 bits per heavy atom. The molecule has 0 spiro atoms. The molecular weight excluding hydrogens is 813 g/mol. The summed E-state index contributed by atoms with van der Waals surface area (Å²) in [5.74, 6) is -0.458. The molecule has 6 atom stereocenters. The Morgan fingerprint density at radius 2 is 1.11 bits per heavy atom. The average Bonchev–Trinajstić information content (AvgIpc) is 3.24. The first-order valence-electron chi connectivity index (χ1n) is 23.7. The maximum absolute atomic E-state index is 12.8. The molecule has 13 heteroatoms. The Kier molecular flexibility index (Phi) is 37.2. The summed E-state index contributed by atoms with van der Waals surface area (Å²) < 4.78 is 59.0. The first-order valence-corrected chi connectivity index (χ1v) is 25.1. The van der Waals surface area contributed by atoms with Crippen molar-refractivity contribution in [1.29, 1.82) is 0 Å². The Morgan fingerprint density at radius 1 is 0.629 bits per heavy atom. The van der Waals surface area contributed by atoms with Gasteiger partial charge in [-0.15, -0.1) is 0 Å². The number of carbonyl (C=O) groups excluding carboxylic acids is 1. The summed E-state index contributed by atoms with van der Waals surface area (Å²) in [5.41, 5.74) is 0. The zero-order valence-corrected chi connectivity index (χ0v) is 39.0. The fraction of sp³-hybridized carbons (Fsp3) is 0.735. The van der Waals surface area contributed by atoms with Crippen LogP contribution >= 0.6 is 0 Å². The van der Waals surface area contributed by atoms with E-state index in [2.05, 4.69) is 84.9 Å². The third-order valence-corrected chi connectivity index (χ3v) is 10.8. The van der Waals surface area contributed by atoms with Crippen molar-refractivity contribution in [2.45, 2.75) is 205 Å². The van der Waals surface area contributed by atoms with Crippen molar-refractivity contribution in [3.63, 3.8) is 0 Å². The third kappa shape index (κ3) is 33.1. The number of unbranched alkanes of at least 4 members (excludes halogenated alkanes) is 15. The Balaban J connectivity index is 2.46. The van der Waals surface area contributed by atoms with E-state index in [9.17, 15) is 28.5 Å². The number of aliphatic hydroxyl groups excluding tert-OH is 3. The van der Waals surface area contributed by atoms with E-state index in [4.69, 9.17) is 23.5 Å². The second kappa shape index (κ2) is 40.1. The quantitative estimate of drug-likeness (QED) is 0.0198. The molecule has 358 valence electrons. The first-order chi connectivity index (χ1) is 30.1. The standard InChI is InChI=1S/C49H84O12S/c1-3-5-7-9-11-13-15-17-19-21-23-25-27-29-31-33-35-37-39-57-41-43(42-58-49-47(53)48(61-62(54,55)56)46(52)44(40-50)60-49)59-45(51)38-36-34-32-30-28-26-24-22-20-18-16-14-12-10-8-6-4-2/h6,8,12,14,17-20,24,26,30,32,43-44,46-50,52-53H,3-5,7,9-11,13,15-16,21-23,25,27-29,31,33-42H2,1-2H3,(H,54,55,56)/b8-6-,14-12-,19-17-,20-18-,26-24-,32-30-. The summed E-state index contributed by atoms with van der Waals surface area (Å²) in [6.45, 7) is 3.79. The van der Waals surface area contributed by atoms with E-state index in [-0.39, 0.29) is 19.6 Å². The minimum absolute atomic E-state index is 0.00767. The molecule has 0 aromatic carbocycles. The van der Waals surface area contributed by atoms with Crippen molar-refractivity contribution in [2.75, 3.05) is 26.4 Å². The molecule has 4 N–H and O–H groups in total. The topological polar surface area (TPSA) is 178 Å². The van der Waals surface area contributed by atoms with Gasteiger partial charge in [-0.3, -0.25) is 9.35 Å². The van der Waals surface area contributed by atoms with Crippen LogP contribution in [0.2, 0.25) is 0 Å².